The molecule has 0 heterocycles. The van der Waals surface area contributed by atoms with E-state index in [1.165, 1.54) is 38.5 Å². The molecule has 1 N–H and O–H groups in total. The Morgan fingerprint density at radius 1 is 0.792 bits per heavy atom. The monoisotopic (exact) mass is 349 g/mol. The predicted molar refractivity (Wildman–Crippen MR) is 99.1 cm³/mol. The van der Waals surface area contributed by atoms with Crippen LogP contribution in [-0.4, -0.2) is 11.1 Å². The number of carbonyl (C=O) groups is 2. The van der Waals surface area contributed by atoms with E-state index in [0.717, 1.165) is 31.4 Å². The van der Waals surface area contributed by atoms with Crippen LogP contribution in [0, 0.1) is 11.8 Å². The molecule has 24 heavy (non-hydrogen) atoms. The fourth-order valence-corrected chi connectivity index (χ4v) is 3.68. The summed E-state index contributed by atoms with van der Waals surface area (Å²) in [6.45, 7) is 0. The summed E-state index contributed by atoms with van der Waals surface area (Å²) in [5.74, 6) is 0.611. The highest BCUT2D eigenvalue weighted by atomic mass is 35.5. The van der Waals surface area contributed by atoms with Gasteiger partial charge in [-0.1, -0.05) is 56.7 Å². The molecule has 4 heteroatoms. The number of hydrogen-bond donors (Lipinski definition) is 1. The summed E-state index contributed by atoms with van der Waals surface area (Å²) in [6.07, 6.45) is 11.5. The van der Waals surface area contributed by atoms with E-state index in [2.05, 4.69) is 5.32 Å². The zero-order valence-corrected chi connectivity index (χ0v) is 15.1. The van der Waals surface area contributed by atoms with E-state index in [1.54, 1.807) is 0 Å². The molecule has 0 radical (unpaired) electrons. The van der Waals surface area contributed by atoms with Crippen LogP contribution in [0.5, 0.6) is 0 Å². The number of anilines is 1. The zero-order valence-electron chi connectivity index (χ0n) is 14.3. The van der Waals surface area contributed by atoms with Gasteiger partial charge in [0, 0.05) is 17.5 Å². The van der Waals surface area contributed by atoms with Gasteiger partial charge >= 0.3 is 0 Å². The van der Waals surface area contributed by atoms with Crippen molar-refractivity contribution in [2.24, 2.45) is 11.8 Å². The minimum Gasteiger partial charge on any atom is -0.326 e. The highest BCUT2D eigenvalue weighted by Crippen LogP contribution is 2.25. The lowest BCUT2D eigenvalue weighted by Crippen LogP contribution is -2.24. The van der Waals surface area contributed by atoms with Gasteiger partial charge in [0.05, 0.1) is 0 Å². The predicted octanol–water partition coefficient (Wildman–Crippen LogP) is 5.54. The first-order chi connectivity index (χ1) is 11.7. The lowest BCUT2D eigenvalue weighted by molar-refractivity contribution is -0.120. The van der Waals surface area contributed by atoms with Crippen LogP contribution in [0.3, 0.4) is 0 Å². The fourth-order valence-electron chi connectivity index (χ4n) is 3.46. The highest BCUT2D eigenvalue weighted by Gasteiger charge is 2.20. The Morgan fingerprint density at radius 2 is 1.29 bits per heavy atom. The molecule has 2 saturated carbocycles. The van der Waals surface area contributed by atoms with Crippen LogP contribution in [0.4, 0.5) is 5.69 Å². The van der Waals surface area contributed by atoms with Crippen molar-refractivity contribution in [2.75, 3.05) is 5.32 Å². The first-order valence-electron chi connectivity index (χ1n) is 9.22. The van der Waals surface area contributed by atoms with Crippen molar-refractivity contribution in [2.45, 2.75) is 64.2 Å². The van der Waals surface area contributed by atoms with E-state index < -0.39 is 0 Å². The van der Waals surface area contributed by atoms with Gasteiger partial charge in [-0.25, -0.2) is 0 Å². The third-order valence-corrected chi connectivity index (χ3v) is 5.25. The Morgan fingerprint density at radius 3 is 1.75 bits per heavy atom. The third kappa shape index (κ3) is 6.64. The summed E-state index contributed by atoms with van der Waals surface area (Å²) in [5, 5.41) is 2.84. The molecular weight excluding hydrogens is 322 g/mol. The van der Waals surface area contributed by atoms with Gasteiger partial charge in [0.2, 0.25) is 11.1 Å². The summed E-state index contributed by atoms with van der Waals surface area (Å²) in [7, 11) is 0. The average molecular weight is 350 g/mol. The van der Waals surface area contributed by atoms with Gasteiger partial charge in [0.25, 0.3) is 0 Å². The van der Waals surface area contributed by atoms with Gasteiger partial charge in [-0.3, -0.25) is 9.59 Å². The molecule has 3 rings (SSSR count). The van der Waals surface area contributed by atoms with Crippen molar-refractivity contribution in [1.29, 1.82) is 0 Å². The molecule has 0 unspecified atom stereocenters. The standard InChI is InChI=1S/C13H17NO.C7H11ClO/c15-13(11-7-3-1-4-8-11)14-12-9-5-2-6-10-12;8-7(9)6-4-2-1-3-5-6/h2,5-6,9-11H,1,3-4,7-8H2,(H,14,15);6H,1-5H2. The van der Waals surface area contributed by atoms with E-state index in [1.807, 2.05) is 30.3 Å². The molecule has 0 aliphatic heterocycles. The van der Waals surface area contributed by atoms with Gasteiger partial charge in [-0.2, -0.15) is 0 Å². The van der Waals surface area contributed by atoms with Gasteiger partial charge in [0.1, 0.15) is 0 Å². The Labute approximate surface area is 150 Å². The third-order valence-electron chi connectivity index (χ3n) is 4.94. The summed E-state index contributed by atoms with van der Waals surface area (Å²) in [4.78, 5) is 22.4. The molecule has 1 aromatic rings. The number of rotatable bonds is 3. The first-order valence-corrected chi connectivity index (χ1v) is 9.60. The Bertz CT molecular complexity index is 506. The molecule has 0 saturated heterocycles. The Hall–Kier alpha value is -1.35. The highest BCUT2D eigenvalue weighted by molar-refractivity contribution is 6.63. The van der Waals surface area contributed by atoms with E-state index >= 15 is 0 Å². The van der Waals surface area contributed by atoms with Gasteiger partial charge in [-0.05, 0) is 49.4 Å². The smallest absolute Gasteiger partial charge is 0.227 e. The maximum Gasteiger partial charge on any atom is 0.227 e. The molecule has 0 atom stereocenters. The summed E-state index contributed by atoms with van der Waals surface area (Å²) >= 11 is 5.32. The van der Waals surface area contributed by atoms with Crippen LogP contribution in [0.1, 0.15) is 64.2 Å². The van der Waals surface area contributed by atoms with Crippen LogP contribution >= 0.6 is 11.6 Å². The maximum atomic E-state index is 11.9. The molecule has 3 nitrogen and oxygen atoms in total. The lowest BCUT2D eigenvalue weighted by Gasteiger charge is -2.20. The molecule has 2 fully saturated rings. The number of carbonyl (C=O) groups excluding carboxylic acids is 2. The van der Waals surface area contributed by atoms with Gasteiger partial charge in [-0.15, -0.1) is 0 Å². The second-order valence-corrected chi connectivity index (χ2v) is 7.20. The summed E-state index contributed by atoms with van der Waals surface area (Å²) in [6, 6.07) is 9.70. The quantitative estimate of drug-likeness (QED) is 0.728. The average Bonchev–Trinajstić information content (AvgIpc) is 2.64. The van der Waals surface area contributed by atoms with E-state index in [0.29, 0.717) is 0 Å². The number of hydrogen-bond acceptors (Lipinski definition) is 2. The number of halogens is 1. The van der Waals surface area contributed by atoms with Crippen molar-refractivity contribution >= 4 is 28.4 Å². The van der Waals surface area contributed by atoms with E-state index in [4.69, 9.17) is 11.6 Å². The molecule has 132 valence electrons. The topological polar surface area (TPSA) is 46.2 Å². The van der Waals surface area contributed by atoms with Crippen LogP contribution in [0.15, 0.2) is 30.3 Å². The number of benzene rings is 1. The van der Waals surface area contributed by atoms with Crippen molar-refractivity contribution in [3.8, 4) is 0 Å². The van der Waals surface area contributed by atoms with E-state index in [9.17, 15) is 9.59 Å². The Balaban J connectivity index is 0.000000198. The Kier molecular flexibility index (Phi) is 8.31. The van der Waals surface area contributed by atoms with Crippen LogP contribution in [-0.2, 0) is 9.59 Å². The van der Waals surface area contributed by atoms with Crippen molar-refractivity contribution in [1.82, 2.24) is 0 Å². The molecule has 0 spiro atoms. The summed E-state index contributed by atoms with van der Waals surface area (Å²) < 4.78 is 0. The zero-order chi connectivity index (χ0) is 17.2. The van der Waals surface area contributed by atoms with Crippen LogP contribution < -0.4 is 5.32 Å². The normalized spacial score (nSPS) is 19.0. The molecule has 0 aromatic heterocycles. The minimum absolute atomic E-state index is 0.130. The SMILES string of the molecule is O=C(Cl)C1CCCCC1.O=C(Nc1ccccc1)C1CCCCC1. The first kappa shape index (κ1) is 19.0. The molecule has 2 aliphatic carbocycles. The van der Waals surface area contributed by atoms with Gasteiger partial charge < -0.3 is 5.32 Å². The van der Waals surface area contributed by atoms with Crippen LogP contribution in [0.25, 0.3) is 0 Å². The molecule has 2 aliphatic rings. The fraction of sp³-hybridized carbons (Fsp3) is 0.600. The molecular formula is C20H28ClNO2. The second kappa shape index (κ2) is 10.5. The lowest BCUT2D eigenvalue weighted by atomic mass is 9.88. The van der Waals surface area contributed by atoms with E-state index in [-0.39, 0.29) is 23.0 Å². The molecule has 0 bridgehead atoms. The largest absolute Gasteiger partial charge is 0.326 e. The van der Waals surface area contributed by atoms with Crippen molar-refractivity contribution in [3.63, 3.8) is 0 Å². The number of amides is 1. The summed E-state index contributed by atoms with van der Waals surface area (Å²) in [5.41, 5.74) is 0.910. The molecule has 1 aromatic carbocycles. The molecule has 1 amide bonds. The maximum absolute atomic E-state index is 11.9. The van der Waals surface area contributed by atoms with Crippen LogP contribution in [0.2, 0.25) is 0 Å². The van der Waals surface area contributed by atoms with Crippen molar-refractivity contribution < 1.29 is 9.59 Å². The minimum atomic E-state index is -0.130. The van der Waals surface area contributed by atoms with Crippen molar-refractivity contribution in [3.05, 3.63) is 30.3 Å². The number of nitrogens with one attached hydrogen (secondary N) is 1. The van der Waals surface area contributed by atoms with Gasteiger partial charge in [0.15, 0.2) is 0 Å². The second-order valence-electron chi connectivity index (χ2n) is 6.83. The number of para-hydroxylation sites is 1.